The molecule has 0 spiro atoms. The summed E-state index contributed by atoms with van der Waals surface area (Å²) in [6, 6.07) is 12.5. The van der Waals surface area contributed by atoms with E-state index in [1.165, 1.54) is 22.9 Å². The normalized spacial score (nSPS) is 18.1. The molecule has 1 amide bonds. The summed E-state index contributed by atoms with van der Waals surface area (Å²) in [7, 11) is 0. The Bertz CT molecular complexity index is 1020. The molecule has 0 saturated carbocycles. The second-order valence-electron chi connectivity index (χ2n) is 9.41. The summed E-state index contributed by atoms with van der Waals surface area (Å²) >= 11 is 1.41. The van der Waals surface area contributed by atoms with Gasteiger partial charge in [-0.2, -0.15) is 5.26 Å². The first-order valence-corrected chi connectivity index (χ1v) is 12.4. The smallest absolute Gasteiger partial charge is 0.237 e. The van der Waals surface area contributed by atoms with Gasteiger partial charge < -0.3 is 4.90 Å². The molecule has 0 saturated heterocycles. The minimum atomic E-state index is 0.0883. The highest BCUT2D eigenvalue weighted by Gasteiger charge is 2.32. The Morgan fingerprint density at radius 1 is 1.29 bits per heavy atom. The predicted molar refractivity (Wildman–Crippen MR) is 126 cm³/mol. The van der Waals surface area contributed by atoms with E-state index in [4.69, 9.17) is 4.98 Å². The fourth-order valence-electron chi connectivity index (χ4n) is 4.79. The van der Waals surface area contributed by atoms with E-state index in [9.17, 15) is 10.1 Å². The number of fused-ring (bicyclic) bond motifs is 2. The molecule has 4 rings (SSSR count). The van der Waals surface area contributed by atoms with Crippen LogP contribution in [0.15, 0.2) is 35.4 Å². The number of carbonyl (C=O) groups is 1. The lowest BCUT2D eigenvalue weighted by Gasteiger charge is -2.37. The molecule has 162 valence electrons. The van der Waals surface area contributed by atoms with Crippen LogP contribution in [-0.4, -0.2) is 23.2 Å². The summed E-state index contributed by atoms with van der Waals surface area (Å²) in [5.41, 5.74) is 5.50. The number of anilines is 1. The zero-order valence-electron chi connectivity index (χ0n) is 18.8. The number of rotatable bonds is 5. The zero-order valence-corrected chi connectivity index (χ0v) is 19.6. The zero-order chi connectivity index (χ0) is 22.0. The summed E-state index contributed by atoms with van der Waals surface area (Å²) in [5, 5.41) is 10.4. The van der Waals surface area contributed by atoms with E-state index in [1.54, 1.807) is 0 Å². The average Bonchev–Trinajstić information content (AvgIpc) is 2.81. The number of nitrogens with zero attached hydrogens (tertiary/aromatic N) is 3. The van der Waals surface area contributed by atoms with Crippen molar-refractivity contribution in [2.75, 3.05) is 17.2 Å². The van der Waals surface area contributed by atoms with Crippen LogP contribution in [0, 0.1) is 22.7 Å². The monoisotopic (exact) mass is 433 g/mol. The highest BCUT2D eigenvalue weighted by atomic mass is 32.2. The molecule has 2 heterocycles. The van der Waals surface area contributed by atoms with Gasteiger partial charge in [0.05, 0.1) is 11.3 Å². The maximum absolute atomic E-state index is 13.0. The molecule has 2 aliphatic rings. The second kappa shape index (κ2) is 9.04. The quantitative estimate of drug-likeness (QED) is 0.579. The SMILES string of the molecule is CCC(C)(C)C1CCc2nc(SCC(=O)N3CCCc4ccccc43)c(C#N)cc2C1. The van der Waals surface area contributed by atoms with E-state index in [0.29, 0.717) is 27.7 Å². The Kier molecular flexibility index (Phi) is 6.39. The van der Waals surface area contributed by atoms with Crippen LogP contribution < -0.4 is 4.90 Å². The fourth-order valence-corrected chi connectivity index (χ4v) is 5.64. The molecule has 0 fully saturated rings. The molecule has 4 nitrogen and oxygen atoms in total. The molecule has 31 heavy (non-hydrogen) atoms. The Hall–Kier alpha value is -2.32. The highest BCUT2D eigenvalue weighted by Crippen LogP contribution is 2.40. The number of amides is 1. The highest BCUT2D eigenvalue weighted by molar-refractivity contribution is 8.00. The third kappa shape index (κ3) is 4.50. The van der Waals surface area contributed by atoms with Gasteiger partial charge in [-0.3, -0.25) is 4.79 Å². The molecule has 1 atom stereocenters. The largest absolute Gasteiger partial charge is 0.311 e. The van der Waals surface area contributed by atoms with E-state index in [2.05, 4.69) is 32.9 Å². The van der Waals surface area contributed by atoms with Crippen molar-refractivity contribution in [2.45, 2.75) is 64.3 Å². The van der Waals surface area contributed by atoms with Crippen molar-refractivity contribution in [2.24, 2.45) is 11.3 Å². The Morgan fingerprint density at radius 2 is 2.10 bits per heavy atom. The first-order valence-electron chi connectivity index (χ1n) is 11.4. The maximum Gasteiger partial charge on any atom is 0.237 e. The van der Waals surface area contributed by atoms with Crippen LogP contribution >= 0.6 is 11.8 Å². The van der Waals surface area contributed by atoms with E-state index < -0.39 is 0 Å². The molecule has 1 unspecified atom stereocenters. The van der Waals surface area contributed by atoms with Crippen molar-refractivity contribution in [1.29, 1.82) is 5.26 Å². The van der Waals surface area contributed by atoms with Crippen LogP contribution in [0.3, 0.4) is 0 Å². The molecule has 1 aliphatic carbocycles. The number of hydrogen-bond acceptors (Lipinski definition) is 4. The Balaban J connectivity index is 1.49. The number of aromatic nitrogens is 1. The van der Waals surface area contributed by atoms with E-state index in [-0.39, 0.29) is 5.91 Å². The van der Waals surface area contributed by atoms with E-state index in [1.807, 2.05) is 29.2 Å². The van der Waals surface area contributed by atoms with Gasteiger partial charge in [-0.1, -0.05) is 57.2 Å². The topological polar surface area (TPSA) is 57.0 Å². The van der Waals surface area contributed by atoms with Crippen molar-refractivity contribution in [1.82, 2.24) is 4.98 Å². The summed E-state index contributed by atoms with van der Waals surface area (Å²) in [5.74, 6) is 1.02. The van der Waals surface area contributed by atoms with Gasteiger partial charge in [0, 0.05) is 17.9 Å². The van der Waals surface area contributed by atoms with Crippen LogP contribution in [0.4, 0.5) is 5.69 Å². The van der Waals surface area contributed by atoms with Gasteiger partial charge in [-0.25, -0.2) is 4.98 Å². The molecular formula is C26H31N3OS. The number of hydrogen-bond donors (Lipinski definition) is 0. The molecule has 1 aromatic carbocycles. The third-order valence-corrected chi connectivity index (χ3v) is 8.21. The van der Waals surface area contributed by atoms with E-state index >= 15 is 0 Å². The van der Waals surface area contributed by atoms with Gasteiger partial charge in [-0.05, 0) is 66.7 Å². The fraction of sp³-hybridized carbons (Fsp3) is 0.500. The standard InChI is InChI=1S/C26H31N3OS/c1-4-26(2,3)21-11-12-22-19(15-21)14-20(16-27)25(28-22)31-17-24(30)29-13-7-9-18-8-5-6-10-23(18)29/h5-6,8,10,14,21H,4,7,9,11-13,15,17H2,1-3H3. The number of carbonyl (C=O) groups excluding carboxylic acids is 1. The van der Waals surface area contributed by atoms with Gasteiger partial charge in [0.25, 0.3) is 0 Å². The van der Waals surface area contributed by atoms with Crippen LogP contribution in [0.1, 0.15) is 62.4 Å². The van der Waals surface area contributed by atoms with Crippen LogP contribution in [-0.2, 0) is 24.1 Å². The summed E-state index contributed by atoms with van der Waals surface area (Å²) in [4.78, 5) is 19.8. The molecule has 1 aromatic heterocycles. The van der Waals surface area contributed by atoms with Crippen molar-refractivity contribution in [3.8, 4) is 6.07 Å². The molecular weight excluding hydrogens is 402 g/mol. The molecule has 0 radical (unpaired) electrons. The van der Waals surface area contributed by atoms with Gasteiger partial charge in [-0.15, -0.1) is 0 Å². The number of pyridine rings is 1. The number of para-hydroxylation sites is 1. The molecule has 5 heteroatoms. The molecule has 1 aliphatic heterocycles. The Labute approximate surface area is 190 Å². The molecule has 0 N–H and O–H groups in total. The lowest BCUT2D eigenvalue weighted by molar-refractivity contribution is -0.116. The molecule has 2 aromatic rings. The predicted octanol–water partition coefficient (Wildman–Crippen LogP) is 5.57. The van der Waals surface area contributed by atoms with Gasteiger partial charge >= 0.3 is 0 Å². The van der Waals surface area contributed by atoms with Crippen molar-refractivity contribution in [3.05, 3.63) is 52.7 Å². The first-order chi connectivity index (χ1) is 14.9. The minimum absolute atomic E-state index is 0.0883. The van der Waals surface area contributed by atoms with Crippen LogP contribution in [0.2, 0.25) is 0 Å². The summed E-state index contributed by atoms with van der Waals surface area (Å²) < 4.78 is 0. The minimum Gasteiger partial charge on any atom is -0.311 e. The van der Waals surface area contributed by atoms with Crippen LogP contribution in [0.25, 0.3) is 0 Å². The third-order valence-electron chi connectivity index (χ3n) is 7.23. The summed E-state index contributed by atoms with van der Waals surface area (Å²) in [6.45, 7) is 7.70. The lowest BCUT2D eigenvalue weighted by Crippen LogP contribution is -2.36. The maximum atomic E-state index is 13.0. The lowest BCUT2D eigenvalue weighted by atomic mass is 9.69. The molecule has 0 bridgehead atoms. The average molecular weight is 434 g/mol. The second-order valence-corrected chi connectivity index (χ2v) is 10.4. The summed E-state index contributed by atoms with van der Waals surface area (Å²) in [6.07, 6.45) is 6.25. The number of thioether (sulfide) groups is 1. The number of aryl methyl sites for hydroxylation is 2. The van der Waals surface area contributed by atoms with Crippen molar-refractivity contribution >= 4 is 23.4 Å². The number of benzene rings is 1. The first kappa shape index (κ1) is 21.9. The Morgan fingerprint density at radius 3 is 2.87 bits per heavy atom. The van der Waals surface area contributed by atoms with Gasteiger partial charge in [0.15, 0.2) is 0 Å². The van der Waals surface area contributed by atoms with Gasteiger partial charge in [0.2, 0.25) is 5.91 Å². The van der Waals surface area contributed by atoms with Crippen molar-refractivity contribution in [3.63, 3.8) is 0 Å². The van der Waals surface area contributed by atoms with E-state index in [0.717, 1.165) is 56.5 Å². The van der Waals surface area contributed by atoms with Gasteiger partial charge in [0.1, 0.15) is 11.1 Å². The number of nitriles is 1. The van der Waals surface area contributed by atoms with Crippen molar-refractivity contribution < 1.29 is 4.79 Å². The van der Waals surface area contributed by atoms with Crippen LogP contribution in [0.5, 0.6) is 0 Å².